The van der Waals surface area contributed by atoms with E-state index < -0.39 is 21.8 Å². The zero-order valence-electron chi connectivity index (χ0n) is 13.9. The van der Waals surface area contributed by atoms with E-state index in [1.54, 1.807) is 0 Å². The van der Waals surface area contributed by atoms with Gasteiger partial charge in [-0.25, -0.2) is 12.8 Å². The number of rotatable bonds is 3. The van der Waals surface area contributed by atoms with Crippen LogP contribution < -0.4 is 0 Å². The van der Waals surface area contributed by atoms with E-state index in [0.717, 1.165) is 30.0 Å². The van der Waals surface area contributed by atoms with Gasteiger partial charge < -0.3 is 9.30 Å². The molecule has 7 heteroatoms. The van der Waals surface area contributed by atoms with E-state index in [9.17, 15) is 17.6 Å². The fourth-order valence-corrected chi connectivity index (χ4v) is 4.56. The molecule has 3 rings (SSSR count). The van der Waals surface area contributed by atoms with Crippen LogP contribution in [0.1, 0.15) is 44.1 Å². The SMILES string of the molecule is CCn1c2c(c3cc(F)cc(S(C)(=O)=O)c31)CCCC2OC(C)=O. The van der Waals surface area contributed by atoms with Gasteiger partial charge in [-0.05, 0) is 43.9 Å². The van der Waals surface area contributed by atoms with Gasteiger partial charge in [0, 0.05) is 25.1 Å². The predicted octanol–water partition coefficient (Wildman–Crippen LogP) is 3.14. The Morgan fingerprint density at radius 3 is 2.71 bits per heavy atom. The molecule has 1 heterocycles. The number of hydrogen-bond acceptors (Lipinski definition) is 4. The lowest BCUT2D eigenvalue weighted by Crippen LogP contribution is -2.18. The number of hydrogen-bond donors (Lipinski definition) is 0. The van der Waals surface area contributed by atoms with Crippen molar-refractivity contribution in [2.45, 2.75) is 50.7 Å². The number of carbonyl (C=O) groups excluding carboxylic acids is 1. The van der Waals surface area contributed by atoms with Crippen molar-refractivity contribution < 1.29 is 22.3 Å². The summed E-state index contributed by atoms with van der Waals surface area (Å²) in [6, 6.07) is 2.45. The first-order valence-electron chi connectivity index (χ1n) is 7.95. The van der Waals surface area contributed by atoms with Gasteiger partial charge in [0.15, 0.2) is 9.84 Å². The fourth-order valence-electron chi connectivity index (χ4n) is 3.66. The Hall–Kier alpha value is -1.89. The first kappa shape index (κ1) is 17.0. The highest BCUT2D eigenvalue weighted by Gasteiger charge is 2.31. The standard InChI is InChI=1S/C17H20FNO4S/c1-4-19-16-12(6-5-7-14(16)23-10(2)20)13-8-11(18)9-15(17(13)19)24(3,21)22/h8-9,14H,4-7H2,1-3H3. The minimum absolute atomic E-state index is 0.0182. The third-order valence-corrected chi connectivity index (χ3v) is 5.57. The lowest BCUT2D eigenvalue weighted by Gasteiger charge is -2.25. The minimum Gasteiger partial charge on any atom is -0.456 e. The first-order chi connectivity index (χ1) is 11.2. The molecule has 2 aromatic rings. The quantitative estimate of drug-likeness (QED) is 0.795. The third kappa shape index (κ3) is 2.70. The Labute approximate surface area is 140 Å². The Kier molecular flexibility index (Phi) is 4.15. The van der Waals surface area contributed by atoms with Crippen molar-refractivity contribution in [3.8, 4) is 0 Å². The highest BCUT2D eigenvalue weighted by atomic mass is 32.2. The van der Waals surface area contributed by atoms with Crippen molar-refractivity contribution in [3.63, 3.8) is 0 Å². The summed E-state index contributed by atoms with van der Waals surface area (Å²) in [6.45, 7) is 3.77. The Bertz CT molecular complexity index is 930. The summed E-state index contributed by atoms with van der Waals surface area (Å²) < 4.78 is 45.7. The second kappa shape index (κ2) is 5.88. The molecular formula is C17H20FNO4S. The van der Waals surface area contributed by atoms with Gasteiger partial charge in [0.1, 0.15) is 11.9 Å². The summed E-state index contributed by atoms with van der Waals surface area (Å²) in [7, 11) is -3.59. The molecule has 0 saturated carbocycles. The molecule has 0 aliphatic heterocycles. The summed E-state index contributed by atoms with van der Waals surface area (Å²) in [4.78, 5) is 11.4. The van der Waals surface area contributed by atoms with Crippen LogP contribution in [0.15, 0.2) is 17.0 Å². The molecule has 1 aromatic carbocycles. The zero-order chi connectivity index (χ0) is 17.6. The first-order valence-corrected chi connectivity index (χ1v) is 9.85. The number of halogens is 1. The predicted molar refractivity (Wildman–Crippen MR) is 88.1 cm³/mol. The summed E-state index contributed by atoms with van der Waals surface area (Å²) in [6.07, 6.45) is 2.85. The average Bonchev–Trinajstić information content (AvgIpc) is 2.79. The van der Waals surface area contributed by atoms with E-state index in [-0.39, 0.29) is 10.9 Å². The average molecular weight is 353 g/mol. The number of fused-ring (bicyclic) bond motifs is 3. The van der Waals surface area contributed by atoms with Crippen LogP contribution in [0.25, 0.3) is 10.9 Å². The summed E-state index contributed by atoms with van der Waals surface area (Å²) >= 11 is 0. The van der Waals surface area contributed by atoms with E-state index in [1.807, 2.05) is 11.5 Å². The van der Waals surface area contributed by atoms with E-state index >= 15 is 0 Å². The van der Waals surface area contributed by atoms with Crippen LogP contribution in [-0.2, 0) is 32.3 Å². The van der Waals surface area contributed by atoms with E-state index in [1.165, 1.54) is 13.0 Å². The summed E-state index contributed by atoms with van der Waals surface area (Å²) in [5.41, 5.74) is 2.18. The summed E-state index contributed by atoms with van der Waals surface area (Å²) in [5.74, 6) is -0.955. The third-order valence-electron chi connectivity index (χ3n) is 4.46. The molecule has 1 aromatic heterocycles. The molecule has 0 bridgehead atoms. The number of aryl methyl sites for hydroxylation is 2. The molecule has 0 amide bonds. The Balaban J connectivity index is 2.41. The number of ether oxygens (including phenoxy) is 1. The summed E-state index contributed by atoms with van der Waals surface area (Å²) in [5, 5.41) is 0.601. The van der Waals surface area contributed by atoms with E-state index in [0.29, 0.717) is 30.3 Å². The van der Waals surface area contributed by atoms with Crippen molar-refractivity contribution in [1.82, 2.24) is 4.57 Å². The Morgan fingerprint density at radius 1 is 1.42 bits per heavy atom. The van der Waals surface area contributed by atoms with Gasteiger partial charge in [-0.15, -0.1) is 0 Å². The maximum atomic E-state index is 14.1. The van der Waals surface area contributed by atoms with Gasteiger partial charge in [-0.2, -0.15) is 0 Å². The largest absolute Gasteiger partial charge is 0.456 e. The topological polar surface area (TPSA) is 65.4 Å². The number of nitrogens with zero attached hydrogens (tertiary/aromatic N) is 1. The van der Waals surface area contributed by atoms with Crippen molar-refractivity contribution in [2.75, 3.05) is 6.26 Å². The smallest absolute Gasteiger partial charge is 0.303 e. The second-order valence-corrected chi connectivity index (χ2v) is 8.15. The van der Waals surface area contributed by atoms with E-state index in [4.69, 9.17) is 4.74 Å². The van der Waals surface area contributed by atoms with E-state index in [2.05, 4.69) is 0 Å². The van der Waals surface area contributed by atoms with Crippen molar-refractivity contribution in [3.05, 3.63) is 29.2 Å². The van der Waals surface area contributed by atoms with Crippen LogP contribution in [0.4, 0.5) is 4.39 Å². The number of carbonyl (C=O) groups is 1. The van der Waals surface area contributed by atoms with Crippen LogP contribution >= 0.6 is 0 Å². The van der Waals surface area contributed by atoms with Crippen LogP contribution in [0, 0.1) is 5.82 Å². The monoisotopic (exact) mass is 353 g/mol. The van der Waals surface area contributed by atoms with Gasteiger partial charge in [0.2, 0.25) is 0 Å². The van der Waals surface area contributed by atoms with Crippen molar-refractivity contribution in [1.29, 1.82) is 0 Å². The molecule has 130 valence electrons. The molecule has 1 unspecified atom stereocenters. The minimum atomic E-state index is -3.59. The molecular weight excluding hydrogens is 333 g/mol. The number of esters is 1. The molecule has 5 nitrogen and oxygen atoms in total. The molecule has 1 aliphatic rings. The van der Waals surface area contributed by atoms with Gasteiger partial charge in [-0.3, -0.25) is 4.79 Å². The second-order valence-electron chi connectivity index (χ2n) is 6.17. The van der Waals surface area contributed by atoms with Crippen molar-refractivity contribution >= 4 is 26.7 Å². The normalized spacial score (nSPS) is 17.8. The highest BCUT2D eigenvalue weighted by Crippen LogP contribution is 2.41. The number of aromatic nitrogens is 1. The van der Waals surface area contributed by atoms with Crippen LogP contribution in [-0.4, -0.2) is 25.2 Å². The number of benzene rings is 1. The fraction of sp³-hybridized carbons (Fsp3) is 0.471. The molecule has 1 atom stereocenters. The van der Waals surface area contributed by atoms with Crippen LogP contribution in [0.2, 0.25) is 0 Å². The van der Waals surface area contributed by atoms with Gasteiger partial charge in [0.25, 0.3) is 0 Å². The van der Waals surface area contributed by atoms with Gasteiger partial charge in [0.05, 0.1) is 16.1 Å². The van der Waals surface area contributed by atoms with Crippen molar-refractivity contribution in [2.24, 2.45) is 0 Å². The lowest BCUT2D eigenvalue weighted by atomic mass is 9.93. The van der Waals surface area contributed by atoms with Gasteiger partial charge >= 0.3 is 5.97 Å². The van der Waals surface area contributed by atoms with Crippen LogP contribution in [0.5, 0.6) is 0 Å². The maximum Gasteiger partial charge on any atom is 0.303 e. The lowest BCUT2D eigenvalue weighted by molar-refractivity contribution is -0.147. The zero-order valence-corrected chi connectivity index (χ0v) is 14.7. The van der Waals surface area contributed by atoms with Gasteiger partial charge in [-0.1, -0.05) is 0 Å². The molecule has 24 heavy (non-hydrogen) atoms. The maximum absolute atomic E-state index is 14.1. The number of sulfone groups is 1. The highest BCUT2D eigenvalue weighted by molar-refractivity contribution is 7.91. The Morgan fingerprint density at radius 2 is 2.12 bits per heavy atom. The molecule has 0 fully saturated rings. The molecule has 0 N–H and O–H groups in total. The molecule has 0 spiro atoms. The van der Waals surface area contributed by atoms with Crippen LogP contribution in [0.3, 0.4) is 0 Å². The molecule has 0 radical (unpaired) electrons. The molecule has 1 aliphatic carbocycles. The molecule has 0 saturated heterocycles.